The Morgan fingerprint density at radius 3 is 2.41 bits per heavy atom. The number of piperidine rings is 1. The molecule has 5 nitrogen and oxygen atoms in total. The zero-order valence-corrected chi connectivity index (χ0v) is 10.7. The van der Waals surface area contributed by atoms with Crippen LogP contribution in [0.15, 0.2) is 0 Å². The third kappa shape index (κ3) is 4.73. The van der Waals surface area contributed by atoms with Crippen LogP contribution in [0.1, 0.15) is 26.2 Å². The van der Waals surface area contributed by atoms with Gasteiger partial charge in [-0.1, -0.05) is 6.92 Å². The molecule has 1 unspecified atom stereocenters. The van der Waals surface area contributed by atoms with Crippen LogP contribution in [-0.2, 0) is 9.59 Å². The predicted octanol–water partition coefficient (Wildman–Crippen LogP) is 0.651. The van der Waals surface area contributed by atoms with Gasteiger partial charge in [0.1, 0.15) is 0 Å². The number of carbonyl (C=O) groups is 2. The zero-order valence-electron chi connectivity index (χ0n) is 10.7. The Balaban J connectivity index is 2.31. The van der Waals surface area contributed by atoms with E-state index in [9.17, 15) is 9.59 Å². The molecule has 0 saturated carbocycles. The summed E-state index contributed by atoms with van der Waals surface area (Å²) in [6.07, 6.45) is 3.37. The van der Waals surface area contributed by atoms with E-state index in [1.165, 1.54) is 6.42 Å². The lowest BCUT2D eigenvalue weighted by molar-refractivity contribution is -0.142. The Kier molecular flexibility index (Phi) is 5.41. The lowest BCUT2D eigenvalue weighted by Gasteiger charge is -2.29. The summed E-state index contributed by atoms with van der Waals surface area (Å²) in [5.41, 5.74) is 0. The highest BCUT2D eigenvalue weighted by Crippen LogP contribution is 2.09. The first kappa shape index (κ1) is 14.0. The molecular weight excluding hydrogens is 220 g/mol. The van der Waals surface area contributed by atoms with Gasteiger partial charge in [0, 0.05) is 19.6 Å². The molecule has 98 valence electrons. The van der Waals surface area contributed by atoms with Gasteiger partial charge < -0.3 is 10.0 Å². The molecule has 0 bridgehead atoms. The number of likely N-dealkylation sites (N-methyl/N-ethyl adjacent to an activating group) is 1. The molecule has 0 aliphatic carbocycles. The fraction of sp³-hybridized carbons (Fsp3) is 0.833. The largest absolute Gasteiger partial charge is 0.481 e. The lowest BCUT2D eigenvalue weighted by Crippen LogP contribution is -2.43. The summed E-state index contributed by atoms with van der Waals surface area (Å²) in [6, 6.07) is 0. The average Bonchev–Trinajstić information content (AvgIpc) is 2.29. The average molecular weight is 242 g/mol. The van der Waals surface area contributed by atoms with Gasteiger partial charge in [0.15, 0.2) is 0 Å². The highest BCUT2D eigenvalue weighted by Gasteiger charge is 2.20. The SMILES string of the molecule is CC(CN(C)CC(=O)N1CCCCC1)C(=O)O. The summed E-state index contributed by atoms with van der Waals surface area (Å²) in [5.74, 6) is -1.14. The van der Waals surface area contributed by atoms with Crippen LogP contribution in [0.25, 0.3) is 0 Å². The third-order valence-corrected chi connectivity index (χ3v) is 3.12. The molecular formula is C12H22N2O3. The topological polar surface area (TPSA) is 60.9 Å². The zero-order chi connectivity index (χ0) is 12.8. The summed E-state index contributed by atoms with van der Waals surface area (Å²) in [7, 11) is 1.79. The van der Waals surface area contributed by atoms with E-state index in [0.29, 0.717) is 13.1 Å². The second-order valence-corrected chi connectivity index (χ2v) is 4.88. The van der Waals surface area contributed by atoms with Crippen LogP contribution in [0.4, 0.5) is 0 Å². The number of carbonyl (C=O) groups excluding carboxylic acids is 1. The second kappa shape index (κ2) is 6.59. The van der Waals surface area contributed by atoms with Gasteiger partial charge in [-0.2, -0.15) is 0 Å². The van der Waals surface area contributed by atoms with Gasteiger partial charge >= 0.3 is 5.97 Å². The van der Waals surface area contributed by atoms with Gasteiger partial charge in [-0.3, -0.25) is 14.5 Å². The van der Waals surface area contributed by atoms with E-state index in [2.05, 4.69) is 0 Å². The Bertz CT molecular complexity index is 275. The van der Waals surface area contributed by atoms with Crippen molar-refractivity contribution < 1.29 is 14.7 Å². The van der Waals surface area contributed by atoms with Crippen molar-refractivity contribution in [1.29, 1.82) is 0 Å². The number of aliphatic carboxylic acids is 1. The molecule has 0 aromatic heterocycles. The number of rotatable bonds is 5. The fourth-order valence-corrected chi connectivity index (χ4v) is 2.08. The number of carboxylic acid groups (broad SMARTS) is 1. The Morgan fingerprint density at radius 2 is 1.88 bits per heavy atom. The van der Waals surface area contributed by atoms with Crippen molar-refractivity contribution in [2.24, 2.45) is 5.92 Å². The lowest BCUT2D eigenvalue weighted by atomic mass is 10.1. The molecule has 1 amide bonds. The Hall–Kier alpha value is -1.10. The highest BCUT2D eigenvalue weighted by atomic mass is 16.4. The molecule has 0 aromatic rings. The van der Waals surface area contributed by atoms with Crippen LogP contribution < -0.4 is 0 Å². The van der Waals surface area contributed by atoms with E-state index < -0.39 is 11.9 Å². The van der Waals surface area contributed by atoms with Crippen molar-refractivity contribution in [3.8, 4) is 0 Å². The Labute approximate surface area is 102 Å². The number of hydrogen-bond donors (Lipinski definition) is 1. The molecule has 1 rings (SSSR count). The van der Waals surface area contributed by atoms with Crippen molar-refractivity contribution in [3.63, 3.8) is 0 Å². The van der Waals surface area contributed by atoms with Crippen molar-refractivity contribution in [2.45, 2.75) is 26.2 Å². The fourth-order valence-electron chi connectivity index (χ4n) is 2.08. The van der Waals surface area contributed by atoms with E-state index >= 15 is 0 Å². The molecule has 0 spiro atoms. The number of hydrogen-bond acceptors (Lipinski definition) is 3. The molecule has 1 N–H and O–H groups in total. The first-order chi connectivity index (χ1) is 8.00. The van der Waals surface area contributed by atoms with Crippen molar-refractivity contribution >= 4 is 11.9 Å². The minimum atomic E-state index is -0.817. The molecule has 17 heavy (non-hydrogen) atoms. The summed E-state index contributed by atoms with van der Waals surface area (Å²) in [5, 5.41) is 8.79. The minimum Gasteiger partial charge on any atom is -0.481 e. The van der Waals surface area contributed by atoms with E-state index in [4.69, 9.17) is 5.11 Å². The third-order valence-electron chi connectivity index (χ3n) is 3.12. The van der Waals surface area contributed by atoms with Gasteiger partial charge in [-0.05, 0) is 26.3 Å². The summed E-state index contributed by atoms with van der Waals surface area (Å²) in [4.78, 5) is 26.3. The molecule has 1 aliphatic heterocycles. The summed E-state index contributed by atoms with van der Waals surface area (Å²) >= 11 is 0. The van der Waals surface area contributed by atoms with Gasteiger partial charge in [0.2, 0.25) is 5.91 Å². The smallest absolute Gasteiger partial charge is 0.307 e. The molecule has 1 aliphatic rings. The number of amides is 1. The normalized spacial score (nSPS) is 18.2. The highest BCUT2D eigenvalue weighted by molar-refractivity contribution is 5.78. The van der Waals surface area contributed by atoms with E-state index in [1.807, 2.05) is 4.90 Å². The quantitative estimate of drug-likeness (QED) is 0.769. The maximum Gasteiger partial charge on any atom is 0.307 e. The standard InChI is InChI=1S/C12H22N2O3/c1-10(12(16)17)8-13(2)9-11(15)14-6-4-3-5-7-14/h10H,3-9H2,1-2H3,(H,16,17). The van der Waals surface area contributed by atoms with Crippen LogP contribution >= 0.6 is 0 Å². The molecule has 1 atom stereocenters. The Morgan fingerprint density at radius 1 is 1.29 bits per heavy atom. The van der Waals surface area contributed by atoms with E-state index in [0.717, 1.165) is 25.9 Å². The van der Waals surface area contributed by atoms with E-state index in [1.54, 1.807) is 18.9 Å². The minimum absolute atomic E-state index is 0.116. The summed E-state index contributed by atoms with van der Waals surface area (Å²) < 4.78 is 0. The van der Waals surface area contributed by atoms with Crippen molar-refractivity contribution in [1.82, 2.24) is 9.80 Å². The molecule has 1 heterocycles. The van der Waals surface area contributed by atoms with Gasteiger partial charge in [0.25, 0.3) is 0 Å². The second-order valence-electron chi connectivity index (χ2n) is 4.88. The summed E-state index contributed by atoms with van der Waals surface area (Å²) in [6.45, 7) is 4.08. The monoisotopic (exact) mass is 242 g/mol. The number of carboxylic acids is 1. The van der Waals surface area contributed by atoms with Crippen molar-refractivity contribution in [3.05, 3.63) is 0 Å². The van der Waals surface area contributed by atoms with Crippen LogP contribution in [0.5, 0.6) is 0 Å². The van der Waals surface area contributed by atoms with Crippen molar-refractivity contribution in [2.75, 3.05) is 33.2 Å². The molecule has 1 fully saturated rings. The van der Waals surface area contributed by atoms with Crippen LogP contribution in [0.3, 0.4) is 0 Å². The number of likely N-dealkylation sites (tertiary alicyclic amines) is 1. The molecule has 5 heteroatoms. The first-order valence-corrected chi connectivity index (χ1v) is 6.20. The maximum absolute atomic E-state index is 11.9. The van der Waals surface area contributed by atoms with Crippen LogP contribution in [0.2, 0.25) is 0 Å². The molecule has 0 radical (unpaired) electrons. The van der Waals surface area contributed by atoms with Crippen LogP contribution in [-0.4, -0.2) is 60.0 Å². The first-order valence-electron chi connectivity index (χ1n) is 6.20. The molecule has 0 aromatic carbocycles. The molecule has 1 saturated heterocycles. The van der Waals surface area contributed by atoms with Gasteiger partial charge in [-0.25, -0.2) is 0 Å². The van der Waals surface area contributed by atoms with Gasteiger partial charge in [-0.15, -0.1) is 0 Å². The van der Waals surface area contributed by atoms with E-state index in [-0.39, 0.29) is 5.91 Å². The maximum atomic E-state index is 11.9. The predicted molar refractivity (Wildman–Crippen MR) is 64.7 cm³/mol. The van der Waals surface area contributed by atoms with Crippen LogP contribution in [0, 0.1) is 5.92 Å². The number of nitrogens with zero attached hydrogens (tertiary/aromatic N) is 2. The van der Waals surface area contributed by atoms with Gasteiger partial charge in [0.05, 0.1) is 12.5 Å².